The molecule has 1 heterocycles. The summed E-state index contributed by atoms with van der Waals surface area (Å²) in [6.45, 7) is 2.07. The lowest BCUT2D eigenvalue weighted by atomic mass is 10.1. The summed E-state index contributed by atoms with van der Waals surface area (Å²) in [6.07, 6.45) is 3.11. The monoisotopic (exact) mass is 335 g/mol. The Kier molecular flexibility index (Phi) is 5.14. The van der Waals surface area contributed by atoms with Crippen molar-refractivity contribution in [3.8, 4) is 0 Å². The largest absolute Gasteiger partial charge is 0.361 e. The van der Waals surface area contributed by atoms with E-state index in [0.717, 1.165) is 23.2 Å². The second kappa shape index (κ2) is 7.66. The van der Waals surface area contributed by atoms with Gasteiger partial charge in [0.25, 0.3) is 0 Å². The number of hydrogen-bond acceptors (Lipinski definition) is 2. The van der Waals surface area contributed by atoms with E-state index >= 15 is 0 Å². The summed E-state index contributed by atoms with van der Waals surface area (Å²) in [7, 11) is 0. The first-order valence-corrected chi connectivity index (χ1v) is 8.30. The van der Waals surface area contributed by atoms with Gasteiger partial charge in [0.2, 0.25) is 11.8 Å². The topological polar surface area (TPSA) is 74.0 Å². The number of para-hydroxylation sites is 1. The van der Waals surface area contributed by atoms with Crippen molar-refractivity contribution in [2.24, 2.45) is 0 Å². The van der Waals surface area contributed by atoms with Crippen molar-refractivity contribution >= 4 is 28.4 Å². The lowest BCUT2D eigenvalue weighted by Gasteiger charge is -2.06. The molecular weight excluding hydrogens is 314 g/mol. The number of rotatable bonds is 6. The van der Waals surface area contributed by atoms with Crippen LogP contribution in [0.4, 0.5) is 5.69 Å². The molecule has 0 unspecified atom stereocenters. The van der Waals surface area contributed by atoms with Gasteiger partial charge < -0.3 is 15.6 Å². The summed E-state index contributed by atoms with van der Waals surface area (Å²) >= 11 is 0. The minimum absolute atomic E-state index is 0.00730. The second-order valence-corrected chi connectivity index (χ2v) is 6.01. The van der Waals surface area contributed by atoms with Gasteiger partial charge in [-0.25, -0.2) is 0 Å². The molecule has 0 fully saturated rings. The summed E-state index contributed by atoms with van der Waals surface area (Å²) in [5.41, 5.74) is 3.97. The van der Waals surface area contributed by atoms with Gasteiger partial charge in [0.05, 0.1) is 6.42 Å². The van der Waals surface area contributed by atoms with Gasteiger partial charge in [0, 0.05) is 36.3 Å². The second-order valence-electron chi connectivity index (χ2n) is 6.01. The van der Waals surface area contributed by atoms with E-state index in [1.165, 1.54) is 17.9 Å². The van der Waals surface area contributed by atoms with Crippen LogP contribution in [0.5, 0.6) is 0 Å². The molecule has 25 heavy (non-hydrogen) atoms. The zero-order chi connectivity index (χ0) is 17.6. The first-order chi connectivity index (χ1) is 12.1. The SMILES string of the molecule is CC(=O)Nc1ccc(CC(=O)NCCc2c[nH]c3ccccc23)cc1. The van der Waals surface area contributed by atoms with Crippen molar-refractivity contribution < 1.29 is 9.59 Å². The molecular formula is C20H21N3O2. The van der Waals surface area contributed by atoms with Gasteiger partial charge in [-0.2, -0.15) is 0 Å². The average Bonchev–Trinajstić information content (AvgIpc) is 3.00. The highest BCUT2D eigenvalue weighted by atomic mass is 16.2. The molecule has 0 aliphatic heterocycles. The Bertz CT molecular complexity index is 881. The van der Waals surface area contributed by atoms with E-state index in [4.69, 9.17) is 0 Å². The van der Waals surface area contributed by atoms with Crippen molar-refractivity contribution in [2.75, 3.05) is 11.9 Å². The first-order valence-electron chi connectivity index (χ1n) is 8.30. The van der Waals surface area contributed by atoms with Gasteiger partial charge >= 0.3 is 0 Å². The van der Waals surface area contributed by atoms with E-state index in [0.29, 0.717) is 13.0 Å². The normalized spacial score (nSPS) is 10.6. The molecule has 1 aromatic heterocycles. The van der Waals surface area contributed by atoms with Crippen LogP contribution in [0.15, 0.2) is 54.7 Å². The zero-order valence-electron chi connectivity index (χ0n) is 14.1. The smallest absolute Gasteiger partial charge is 0.224 e. The summed E-state index contributed by atoms with van der Waals surface area (Å²) in [5, 5.41) is 6.87. The lowest BCUT2D eigenvalue weighted by Crippen LogP contribution is -2.27. The maximum Gasteiger partial charge on any atom is 0.224 e. The summed E-state index contributed by atoms with van der Waals surface area (Å²) in [4.78, 5) is 26.3. The molecule has 3 rings (SSSR count). The molecule has 0 radical (unpaired) electrons. The Morgan fingerprint density at radius 2 is 1.80 bits per heavy atom. The lowest BCUT2D eigenvalue weighted by molar-refractivity contribution is -0.120. The molecule has 3 aromatic rings. The Balaban J connectivity index is 1.49. The van der Waals surface area contributed by atoms with Crippen LogP contribution in [0.3, 0.4) is 0 Å². The number of aromatic amines is 1. The van der Waals surface area contributed by atoms with Crippen LogP contribution in [0.25, 0.3) is 10.9 Å². The van der Waals surface area contributed by atoms with Gasteiger partial charge in [-0.3, -0.25) is 9.59 Å². The molecule has 0 saturated heterocycles. The standard InChI is InChI=1S/C20H21N3O2/c1-14(24)23-17-8-6-15(7-9-17)12-20(25)21-11-10-16-13-22-19-5-3-2-4-18(16)19/h2-9,13,22H,10-12H2,1H3,(H,21,25)(H,23,24). The molecule has 128 valence electrons. The van der Waals surface area contributed by atoms with Crippen LogP contribution in [0.2, 0.25) is 0 Å². The number of carbonyl (C=O) groups is 2. The fourth-order valence-electron chi connectivity index (χ4n) is 2.83. The minimum Gasteiger partial charge on any atom is -0.361 e. The number of H-pyrrole nitrogens is 1. The molecule has 5 nitrogen and oxygen atoms in total. The van der Waals surface area contributed by atoms with E-state index in [1.807, 2.05) is 36.5 Å². The Morgan fingerprint density at radius 1 is 1.04 bits per heavy atom. The Hall–Kier alpha value is -3.08. The average molecular weight is 335 g/mol. The number of carbonyl (C=O) groups excluding carboxylic acids is 2. The number of hydrogen-bond donors (Lipinski definition) is 3. The number of anilines is 1. The predicted molar refractivity (Wildman–Crippen MR) is 99.5 cm³/mol. The molecule has 0 atom stereocenters. The maximum absolute atomic E-state index is 12.1. The van der Waals surface area contributed by atoms with Gasteiger partial charge in [0.15, 0.2) is 0 Å². The van der Waals surface area contributed by atoms with Gasteiger partial charge in [-0.1, -0.05) is 30.3 Å². The van der Waals surface area contributed by atoms with E-state index in [-0.39, 0.29) is 11.8 Å². The van der Waals surface area contributed by atoms with Crippen LogP contribution in [0.1, 0.15) is 18.1 Å². The fraction of sp³-hybridized carbons (Fsp3) is 0.200. The molecule has 0 aliphatic rings. The molecule has 0 spiro atoms. The first kappa shape index (κ1) is 16.8. The highest BCUT2D eigenvalue weighted by Gasteiger charge is 2.06. The number of aromatic nitrogens is 1. The predicted octanol–water partition coefficient (Wildman–Crippen LogP) is 3.03. The van der Waals surface area contributed by atoms with E-state index in [9.17, 15) is 9.59 Å². The van der Waals surface area contributed by atoms with Crippen molar-refractivity contribution in [1.29, 1.82) is 0 Å². The number of benzene rings is 2. The van der Waals surface area contributed by atoms with Gasteiger partial charge in [-0.05, 0) is 35.7 Å². The van der Waals surface area contributed by atoms with Crippen LogP contribution in [0, 0.1) is 0 Å². The van der Waals surface area contributed by atoms with Gasteiger partial charge in [0.1, 0.15) is 0 Å². The third kappa shape index (κ3) is 4.47. The Labute approximate surface area is 146 Å². The van der Waals surface area contributed by atoms with E-state index in [1.54, 1.807) is 12.1 Å². The highest BCUT2D eigenvalue weighted by molar-refractivity contribution is 5.88. The molecule has 0 bridgehead atoms. The summed E-state index contributed by atoms with van der Waals surface area (Å²) in [6, 6.07) is 15.5. The molecule has 2 amide bonds. The van der Waals surface area contributed by atoms with Crippen molar-refractivity contribution in [1.82, 2.24) is 10.3 Å². The fourth-order valence-corrected chi connectivity index (χ4v) is 2.83. The highest BCUT2D eigenvalue weighted by Crippen LogP contribution is 2.17. The van der Waals surface area contributed by atoms with Crippen LogP contribution in [-0.4, -0.2) is 23.3 Å². The number of amides is 2. The molecule has 0 saturated carbocycles. The van der Waals surface area contributed by atoms with Crippen molar-refractivity contribution in [3.05, 3.63) is 65.9 Å². The number of nitrogens with one attached hydrogen (secondary N) is 3. The molecule has 2 aromatic carbocycles. The molecule has 5 heteroatoms. The van der Waals surface area contributed by atoms with Crippen LogP contribution in [-0.2, 0) is 22.4 Å². The van der Waals surface area contributed by atoms with E-state index < -0.39 is 0 Å². The van der Waals surface area contributed by atoms with Gasteiger partial charge in [-0.15, -0.1) is 0 Å². The number of fused-ring (bicyclic) bond motifs is 1. The minimum atomic E-state index is -0.109. The third-order valence-electron chi connectivity index (χ3n) is 4.03. The quantitative estimate of drug-likeness (QED) is 0.648. The van der Waals surface area contributed by atoms with E-state index in [2.05, 4.69) is 21.7 Å². The molecule has 0 aliphatic carbocycles. The van der Waals surface area contributed by atoms with Crippen molar-refractivity contribution in [3.63, 3.8) is 0 Å². The summed E-state index contributed by atoms with van der Waals surface area (Å²) < 4.78 is 0. The van der Waals surface area contributed by atoms with Crippen LogP contribution >= 0.6 is 0 Å². The van der Waals surface area contributed by atoms with Crippen molar-refractivity contribution in [2.45, 2.75) is 19.8 Å². The zero-order valence-corrected chi connectivity index (χ0v) is 14.1. The molecule has 3 N–H and O–H groups in total. The van der Waals surface area contributed by atoms with Crippen LogP contribution < -0.4 is 10.6 Å². The summed E-state index contributed by atoms with van der Waals surface area (Å²) in [5.74, 6) is -0.116. The Morgan fingerprint density at radius 3 is 2.56 bits per heavy atom. The third-order valence-corrected chi connectivity index (χ3v) is 4.03. The maximum atomic E-state index is 12.1.